The zero-order valence-electron chi connectivity index (χ0n) is 9.31. The lowest BCUT2D eigenvalue weighted by molar-refractivity contribution is 0.223. The predicted octanol–water partition coefficient (Wildman–Crippen LogP) is 2.02. The molecule has 88 valence electrons. The lowest BCUT2D eigenvalue weighted by Gasteiger charge is -2.28. The monoisotopic (exact) mass is 231 g/mol. The van der Waals surface area contributed by atoms with Gasteiger partial charge in [0.15, 0.2) is 0 Å². The third-order valence-electron chi connectivity index (χ3n) is 2.90. The summed E-state index contributed by atoms with van der Waals surface area (Å²) < 4.78 is 12.9. The average molecular weight is 231 g/mol. The first-order chi connectivity index (χ1) is 8.16. The molecule has 0 saturated carbocycles. The molecular weight excluding hydrogens is 217 g/mol. The van der Waals surface area contributed by atoms with Crippen LogP contribution >= 0.6 is 0 Å². The maximum absolute atomic E-state index is 12.9. The highest BCUT2D eigenvalue weighted by molar-refractivity contribution is 5.37. The molecule has 0 amide bonds. The molecule has 2 nitrogen and oxygen atoms in total. The highest BCUT2D eigenvalue weighted by Gasteiger charge is 2.28. The molecule has 3 N–H and O–H groups in total. The molecule has 1 unspecified atom stereocenters. The third-order valence-corrected chi connectivity index (χ3v) is 2.90. The van der Waals surface area contributed by atoms with Crippen LogP contribution in [-0.2, 0) is 5.54 Å². The maximum atomic E-state index is 12.9. The van der Waals surface area contributed by atoms with Gasteiger partial charge in [-0.05, 0) is 23.3 Å². The standard InChI is InChI=1S/C14H14FNO/c15-13-8-6-12(7-9-13)14(16,10-17)11-4-2-1-3-5-11/h1-9,17H,10,16H2. The van der Waals surface area contributed by atoms with Crippen LogP contribution in [0.2, 0.25) is 0 Å². The Bertz CT molecular complexity index is 483. The van der Waals surface area contributed by atoms with Crippen molar-refractivity contribution in [3.63, 3.8) is 0 Å². The summed E-state index contributed by atoms with van der Waals surface area (Å²) in [6.07, 6.45) is 0. The van der Waals surface area contributed by atoms with E-state index < -0.39 is 5.54 Å². The van der Waals surface area contributed by atoms with E-state index >= 15 is 0 Å². The summed E-state index contributed by atoms with van der Waals surface area (Å²) in [5, 5.41) is 9.54. The molecule has 2 aromatic carbocycles. The van der Waals surface area contributed by atoms with E-state index in [-0.39, 0.29) is 12.4 Å². The van der Waals surface area contributed by atoms with E-state index in [9.17, 15) is 9.50 Å². The SMILES string of the molecule is NC(CO)(c1ccccc1)c1ccc(F)cc1. The van der Waals surface area contributed by atoms with Crippen LogP contribution in [-0.4, -0.2) is 11.7 Å². The fourth-order valence-corrected chi connectivity index (χ4v) is 1.83. The van der Waals surface area contributed by atoms with E-state index in [1.54, 1.807) is 12.1 Å². The van der Waals surface area contributed by atoms with E-state index in [1.165, 1.54) is 12.1 Å². The highest BCUT2D eigenvalue weighted by Crippen LogP contribution is 2.26. The molecule has 1 atom stereocenters. The first-order valence-corrected chi connectivity index (χ1v) is 5.38. The van der Waals surface area contributed by atoms with Gasteiger partial charge in [0.2, 0.25) is 0 Å². The summed E-state index contributed by atoms with van der Waals surface area (Å²) in [6, 6.07) is 15.2. The Morgan fingerprint density at radius 3 is 2.00 bits per heavy atom. The van der Waals surface area contributed by atoms with Crippen LogP contribution in [0.4, 0.5) is 4.39 Å². The summed E-state index contributed by atoms with van der Waals surface area (Å²) >= 11 is 0. The molecule has 0 spiro atoms. The Morgan fingerprint density at radius 1 is 0.941 bits per heavy atom. The van der Waals surface area contributed by atoms with E-state index in [0.29, 0.717) is 5.56 Å². The van der Waals surface area contributed by atoms with Crippen LogP contribution in [0.25, 0.3) is 0 Å². The number of hydrogen-bond acceptors (Lipinski definition) is 2. The van der Waals surface area contributed by atoms with Crippen molar-refractivity contribution in [1.82, 2.24) is 0 Å². The number of aliphatic hydroxyl groups excluding tert-OH is 1. The second-order valence-corrected chi connectivity index (χ2v) is 4.00. The van der Waals surface area contributed by atoms with Gasteiger partial charge in [0.1, 0.15) is 5.82 Å². The minimum Gasteiger partial charge on any atom is -0.394 e. The number of hydrogen-bond donors (Lipinski definition) is 2. The van der Waals surface area contributed by atoms with Crippen LogP contribution in [0.3, 0.4) is 0 Å². The highest BCUT2D eigenvalue weighted by atomic mass is 19.1. The van der Waals surface area contributed by atoms with Gasteiger partial charge in [-0.3, -0.25) is 0 Å². The predicted molar refractivity (Wildman–Crippen MR) is 64.9 cm³/mol. The van der Waals surface area contributed by atoms with Gasteiger partial charge in [-0.15, -0.1) is 0 Å². The largest absolute Gasteiger partial charge is 0.394 e. The zero-order chi connectivity index (χ0) is 12.3. The van der Waals surface area contributed by atoms with Crippen molar-refractivity contribution < 1.29 is 9.50 Å². The molecule has 0 aliphatic carbocycles. The van der Waals surface area contributed by atoms with Crippen molar-refractivity contribution in [2.75, 3.05) is 6.61 Å². The molecule has 0 heterocycles. The van der Waals surface area contributed by atoms with Crippen molar-refractivity contribution in [3.8, 4) is 0 Å². The van der Waals surface area contributed by atoms with Crippen LogP contribution in [0.1, 0.15) is 11.1 Å². The van der Waals surface area contributed by atoms with Crippen LogP contribution in [0.15, 0.2) is 54.6 Å². The third kappa shape index (κ3) is 2.20. The van der Waals surface area contributed by atoms with Gasteiger partial charge in [0.25, 0.3) is 0 Å². The molecule has 0 aliphatic heterocycles. The van der Waals surface area contributed by atoms with E-state index in [2.05, 4.69) is 0 Å². The van der Waals surface area contributed by atoms with Gasteiger partial charge < -0.3 is 10.8 Å². The number of rotatable bonds is 3. The Morgan fingerprint density at radius 2 is 1.47 bits per heavy atom. The Balaban J connectivity index is 2.48. The van der Waals surface area contributed by atoms with Crippen LogP contribution in [0.5, 0.6) is 0 Å². The average Bonchev–Trinajstić information content (AvgIpc) is 2.40. The van der Waals surface area contributed by atoms with E-state index in [4.69, 9.17) is 5.73 Å². The summed E-state index contributed by atoms with van der Waals surface area (Å²) in [5.74, 6) is -0.317. The fourth-order valence-electron chi connectivity index (χ4n) is 1.83. The molecule has 0 radical (unpaired) electrons. The fraction of sp³-hybridized carbons (Fsp3) is 0.143. The van der Waals surface area contributed by atoms with E-state index in [0.717, 1.165) is 5.56 Å². The summed E-state index contributed by atoms with van der Waals surface area (Å²) in [6.45, 7) is -0.233. The first kappa shape index (κ1) is 11.8. The van der Waals surface area contributed by atoms with Crippen LogP contribution in [0, 0.1) is 5.82 Å². The lowest BCUT2D eigenvalue weighted by atomic mass is 9.84. The molecule has 17 heavy (non-hydrogen) atoms. The van der Waals surface area contributed by atoms with Gasteiger partial charge >= 0.3 is 0 Å². The summed E-state index contributed by atoms with van der Waals surface area (Å²) in [4.78, 5) is 0. The molecule has 2 rings (SSSR count). The van der Waals surface area contributed by atoms with Crippen molar-refractivity contribution in [2.45, 2.75) is 5.54 Å². The first-order valence-electron chi connectivity index (χ1n) is 5.38. The molecule has 2 aromatic rings. The van der Waals surface area contributed by atoms with Gasteiger partial charge in [0, 0.05) is 0 Å². The van der Waals surface area contributed by atoms with Gasteiger partial charge in [-0.25, -0.2) is 4.39 Å². The normalized spacial score (nSPS) is 14.3. The number of halogens is 1. The molecule has 0 saturated heterocycles. The maximum Gasteiger partial charge on any atom is 0.123 e. The lowest BCUT2D eigenvalue weighted by Crippen LogP contribution is -2.41. The number of nitrogens with two attached hydrogens (primary N) is 1. The van der Waals surface area contributed by atoms with Crippen LogP contribution < -0.4 is 5.73 Å². The minimum absolute atomic E-state index is 0.233. The van der Waals surface area contributed by atoms with Gasteiger partial charge in [0.05, 0.1) is 12.1 Å². The Kier molecular flexibility index (Phi) is 3.22. The smallest absolute Gasteiger partial charge is 0.123 e. The summed E-state index contributed by atoms with van der Waals surface area (Å²) in [5.41, 5.74) is 6.71. The van der Waals surface area contributed by atoms with Crippen molar-refractivity contribution >= 4 is 0 Å². The molecule has 0 fully saturated rings. The molecule has 0 bridgehead atoms. The number of benzene rings is 2. The second kappa shape index (κ2) is 4.65. The van der Waals surface area contributed by atoms with E-state index in [1.807, 2.05) is 30.3 Å². The molecular formula is C14H14FNO. The van der Waals surface area contributed by atoms with Crippen molar-refractivity contribution in [3.05, 3.63) is 71.5 Å². The molecule has 0 aliphatic rings. The Hall–Kier alpha value is -1.71. The van der Waals surface area contributed by atoms with Crippen molar-refractivity contribution in [2.24, 2.45) is 5.73 Å². The van der Waals surface area contributed by atoms with Gasteiger partial charge in [-0.2, -0.15) is 0 Å². The quantitative estimate of drug-likeness (QED) is 0.849. The number of aliphatic hydroxyl groups is 1. The minimum atomic E-state index is -0.991. The molecule has 0 aromatic heterocycles. The topological polar surface area (TPSA) is 46.2 Å². The van der Waals surface area contributed by atoms with Crippen molar-refractivity contribution in [1.29, 1.82) is 0 Å². The van der Waals surface area contributed by atoms with Gasteiger partial charge in [-0.1, -0.05) is 42.5 Å². The second-order valence-electron chi connectivity index (χ2n) is 4.00. The zero-order valence-corrected chi connectivity index (χ0v) is 9.31. The summed E-state index contributed by atoms with van der Waals surface area (Å²) in [7, 11) is 0. The molecule has 3 heteroatoms. The Labute approximate surface area is 99.5 Å².